The van der Waals surface area contributed by atoms with E-state index in [4.69, 9.17) is 16.9 Å². The average Bonchev–Trinajstić information content (AvgIpc) is 3.00. The molecule has 0 amide bonds. The van der Waals surface area contributed by atoms with Crippen LogP contribution in [-0.4, -0.2) is 34.1 Å². The number of nitrogens with one attached hydrogen (secondary N) is 1. The van der Waals surface area contributed by atoms with Gasteiger partial charge in [0.1, 0.15) is 24.0 Å². The van der Waals surface area contributed by atoms with Crippen molar-refractivity contribution in [3.8, 4) is 6.07 Å². The molecule has 0 atom stereocenters. The molecule has 3 aromatic heterocycles. The van der Waals surface area contributed by atoms with Crippen LogP contribution in [0.5, 0.6) is 0 Å². The summed E-state index contributed by atoms with van der Waals surface area (Å²) in [5.41, 5.74) is 1.44. The van der Waals surface area contributed by atoms with E-state index in [0.717, 1.165) is 29.1 Å². The number of nitrogens with zero attached hydrogens (tertiary/aromatic N) is 5. The third-order valence-corrected chi connectivity index (χ3v) is 4.90. The Labute approximate surface area is 141 Å². The fourth-order valence-corrected chi connectivity index (χ4v) is 3.63. The van der Waals surface area contributed by atoms with Crippen molar-refractivity contribution < 1.29 is 0 Å². The number of pyridine rings is 1. The van der Waals surface area contributed by atoms with Crippen molar-refractivity contribution in [1.82, 2.24) is 15.0 Å². The number of anilines is 2. The number of halogens is 1. The monoisotopic (exact) mass is 342 g/mol. The van der Waals surface area contributed by atoms with Gasteiger partial charge in [0.2, 0.25) is 0 Å². The van der Waals surface area contributed by atoms with E-state index in [1.807, 2.05) is 17.5 Å². The molecule has 1 aliphatic rings. The molecule has 0 radical (unpaired) electrons. The molecule has 0 spiro atoms. The van der Waals surface area contributed by atoms with E-state index in [9.17, 15) is 0 Å². The van der Waals surface area contributed by atoms with Crippen LogP contribution in [0.1, 0.15) is 5.56 Å². The summed E-state index contributed by atoms with van der Waals surface area (Å²) in [6, 6.07) is 5.89. The molecule has 1 saturated heterocycles. The van der Waals surface area contributed by atoms with Gasteiger partial charge >= 0.3 is 0 Å². The van der Waals surface area contributed by atoms with Gasteiger partial charge in [0.25, 0.3) is 0 Å². The summed E-state index contributed by atoms with van der Waals surface area (Å²) in [4.78, 5) is 15.1. The number of nitriles is 1. The first-order valence-corrected chi connectivity index (χ1v) is 8.25. The van der Waals surface area contributed by atoms with Gasteiger partial charge in [-0.15, -0.1) is 11.3 Å². The third-order valence-electron chi connectivity index (χ3n) is 3.72. The normalized spacial score (nSPS) is 14.5. The van der Waals surface area contributed by atoms with Gasteiger partial charge in [-0.1, -0.05) is 11.6 Å². The van der Waals surface area contributed by atoms with Crippen LogP contribution in [-0.2, 0) is 0 Å². The number of aromatic nitrogens is 3. The highest BCUT2D eigenvalue weighted by Crippen LogP contribution is 2.31. The van der Waals surface area contributed by atoms with Crippen molar-refractivity contribution in [2.24, 2.45) is 0 Å². The van der Waals surface area contributed by atoms with Gasteiger partial charge in [0.05, 0.1) is 26.8 Å². The van der Waals surface area contributed by atoms with Crippen molar-refractivity contribution in [2.75, 3.05) is 23.3 Å². The molecule has 1 fully saturated rings. The van der Waals surface area contributed by atoms with E-state index in [2.05, 4.69) is 25.2 Å². The lowest BCUT2D eigenvalue weighted by Gasteiger charge is -2.40. The molecule has 6 nitrogen and oxygen atoms in total. The highest BCUT2D eigenvalue weighted by atomic mass is 35.5. The lowest BCUT2D eigenvalue weighted by molar-refractivity contribution is 0.545. The molecule has 4 heterocycles. The Kier molecular flexibility index (Phi) is 3.48. The topological polar surface area (TPSA) is 77.7 Å². The van der Waals surface area contributed by atoms with Crippen LogP contribution in [0.2, 0.25) is 5.02 Å². The van der Waals surface area contributed by atoms with Gasteiger partial charge in [-0.25, -0.2) is 15.0 Å². The summed E-state index contributed by atoms with van der Waals surface area (Å²) in [6.45, 7) is 1.64. The second-order valence-corrected chi connectivity index (χ2v) is 6.57. The molecule has 114 valence electrons. The van der Waals surface area contributed by atoms with Crippen molar-refractivity contribution in [1.29, 1.82) is 5.26 Å². The van der Waals surface area contributed by atoms with Crippen LogP contribution >= 0.6 is 22.9 Å². The Morgan fingerprint density at radius 1 is 1.35 bits per heavy atom. The zero-order valence-electron chi connectivity index (χ0n) is 11.9. The first kappa shape index (κ1) is 14.2. The van der Waals surface area contributed by atoms with Crippen LogP contribution in [0.3, 0.4) is 0 Å². The lowest BCUT2D eigenvalue weighted by atomic mass is 10.1. The maximum absolute atomic E-state index is 8.83. The largest absolute Gasteiger partial charge is 0.363 e. The Morgan fingerprint density at radius 3 is 3.00 bits per heavy atom. The molecule has 1 aliphatic heterocycles. The van der Waals surface area contributed by atoms with E-state index in [0.29, 0.717) is 16.4 Å². The standard InChI is InChI=1S/C15H11ClN6S/c16-11-3-9(4-17)5-18-14(11)21-10-6-22(7-10)15-13-12(1-2-23-13)19-8-20-15/h1-3,5,8,10H,6-7H2,(H,18,21). The lowest BCUT2D eigenvalue weighted by Crippen LogP contribution is -2.55. The summed E-state index contributed by atoms with van der Waals surface area (Å²) in [7, 11) is 0. The fraction of sp³-hybridized carbons (Fsp3) is 0.200. The number of hydrogen-bond donors (Lipinski definition) is 1. The van der Waals surface area contributed by atoms with Gasteiger partial charge in [-0.3, -0.25) is 0 Å². The van der Waals surface area contributed by atoms with Crippen molar-refractivity contribution in [2.45, 2.75) is 6.04 Å². The quantitative estimate of drug-likeness (QED) is 0.788. The van der Waals surface area contributed by atoms with Gasteiger partial charge in [-0.05, 0) is 17.5 Å². The highest BCUT2D eigenvalue weighted by molar-refractivity contribution is 7.17. The van der Waals surface area contributed by atoms with E-state index in [1.165, 1.54) is 6.20 Å². The van der Waals surface area contributed by atoms with E-state index < -0.39 is 0 Å². The molecule has 0 unspecified atom stereocenters. The second kappa shape index (κ2) is 5.65. The summed E-state index contributed by atoms with van der Waals surface area (Å²) in [5, 5.41) is 14.6. The Hall–Kier alpha value is -2.43. The molecule has 23 heavy (non-hydrogen) atoms. The zero-order chi connectivity index (χ0) is 15.8. The van der Waals surface area contributed by atoms with E-state index >= 15 is 0 Å². The first-order valence-electron chi connectivity index (χ1n) is 7.00. The highest BCUT2D eigenvalue weighted by Gasteiger charge is 2.30. The predicted molar refractivity (Wildman–Crippen MR) is 91.0 cm³/mol. The zero-order valence-corrected chi connectivity index (χ0v) is 13.5. The van der Waals surface area contributed by atoms with Crippen molar-refractivity contribution >= 4 is 44.8 Å². The molecule has 0 bridgehead atoms. The number of rotatable bonds is 3. The van der Waals surface area contributed by atoms with Gasteiger partial charge in [0.15, 0.2) is 0 Å². The molecule has 0 aromatic carbocycles. The minimum absolute atomic E-state index is 0.248. The Morgan fingerprint density at radius 2 is 2.22 bits per heavy atom. The summed E-state index contributed by atoms with van der Waals surface area (Å²) in [5.74, 6) is 1.58. The minimum Gasteiger partial charge on any atom is -0.363 e. The summed E-state index contributed by atoms with van der Waals surface area (Å²) >= 11 is 7.79. The predicted octanol–water partition coefficient (Wildman–Crippen LogP) is 2.91. The van der Waals surface area contributed by atoms with Crippen molar-refractivity contribution in [3.05, 3.63) is 40.6 Å². The van der Waals surface area contributed by atoms with Crippen LogP contribution in [0.4, 0.5) is 11.6 Å². The van der Waals surface area contributed by atoms with E-state index in [1.54, 1.807) is 23.7 Å². The smallest absolute Gasteiger partial charge is 0.150 e. The van der Waals surface area contributed by atoms with Gasteiger partial charge < -0.3 is 10.2 Å². The SMILES string of the molecule is N#Cc1cnc(NC2CN(c3ncnc4ccsc34)C2)c(Cl)c1. The summed E-state index contributed by atoms with van der Waals surface area (Å²) in [6.07, 6.45) is 3.12. The molecule has 1 N–H and O–H groups in total. The third kappa shape index (κ3) is 2.56. The maximum Gasteiger partial charge on any atom is 0.150 e. The molecule has 3 aromatic rings. The second-order valence-electron chi connectivity index (χ2n) is 5.24. The number of thiophene rings is 1. The molecular weight excluding hydrogens is 332 g/mol. The van der Waals surface area contributed by atoms with Crippen LogP contribution in [0.25, 0.3) is 10.2 Å². The van der Waals surface area contributed by atoms with Gasteiger partial charge in [0, 0.05) is 19.3 Å². The molecule has 4 rings (SSSR count). The number of hydrogen-bond acceptors (Lipinski definition) is 7. The molecular formula is C15H11ClN6S. The summed E-state index contributed by atoms with van der Waals surface area (Å²) < 4.78 is 1.11. The Balaban J connectivity index is 1.46. The Bertz CT molecular complexity index is 912. The van der Waals surface area contributed by atoms with Gasteiger partial charge in [-0.2, -0.15) is 5.26 Å². The fourth-order valence-electron chi connectivity index (χ4n) is 2.54. The minimum atomic E-state index is 0.248. The van der Waals surface area contributed by atoms with Crippen LogP contribution in [0.15, 0.2) is 30.0 Å². The van der Waals surface area contributed by atoms with Crippen LogP contribution < -0.4 is 10.2 Å². The molecule has 0 aliphatic carbocycles. The van der Waals surface area contributed by atoms with Crippen LogP contribution in [0, 0.1) is 11.3 Å². The average molecular weight is 343 g/mol. The van der Waals surface area contributed by atoms with E-state index in [-0.39, 0.29) is 6.04 Å². The first-order chi connectivity index (χ1) is 11.2. The molecule has 0 saturated carbocycles. The molecule has 8 heteroatoms. The number of fused-ring (bicyclic) bond motifs is 1. The van der Waals surface area contributed by atoms with Crippen molar-refractivity contribution in [3.63, 3.8) is 0 Å². The maximum atomic E-state index is 8.83.